The van der Waals surface area contributed by atoms with Gasteiger partial charge in [-0.25, -0.2) is 0 Å². The van der Waals surface area contributed by atoms with Gasteiger partial charge in [-0.2, -0.15) is 0 Å². The van der Waals surface area contributed by atoms with Gasteiger partial charge in [-0.05, 0) is 26.7 Å². The van der Waals surface area contributed by atoms with Crippen molar-refractivity contribution in [1.29, 1.82) is 0 Å². The molecule has 1 fully saturated rings. The van der Waals surface area contributed by atoms with Crippen molar-refractivity contribution in [3.8, 4) is 0 Å². The summed E-state index contributed by atoms with van der Waals surface area (Å²) in [6, 6.07) is 0.768. The molecule has 0 amide bonds. The molecule has 1 N–H and O–H groups in total. The Bertz CT molecular complexity index is 318. The maximum Gasteiger partial charge on any atom is 0.141 e. The van der Waals surface area contributed by atoms with E-state index in [1.54, 1.807) is 0 Å². The lowest BCUT2D eigenvalue weighted by Crippen LogP contribution is -2.15. The first-order chi connectivity index (χ1) is 6.77. The molecule has 1 aliphatic carbocycles. The zero-order valence-electron chi connectivity index (χ0n) is 8.71. The Morgan fingerprint density at radius 3 is 2.86 bits per heavy atom. The third-order valence-electron chi connectivity index (χ3n) is 2.47. The highest BCUT2D eigenvalue weighted by molar-refractivity contribution is 5.53. The highest BCUT2D eigenvalue weighted by Gasteiger charge is 2.18. The molecule has 3 heteroatoms. The lowest BCUT2D eigenvalue weighted by Gasteiger charge is -1.95. The summed E-state index contributed by atoms with van der Waals surface area (Å²) in [4.78, 5) is 0. The molecule has 0 bridgehead atoms. The van der Waals surface area contributed by atoms with E-state index in [4.69, 9.17) is 4.52 Å². The predicted molar refractivity (Wildman–Crippen MR) is 56.0 cm³/mol. The molecular weight excluding hydrogens is 176 g/mol. The number of nitrogens with zero attached hydrogens (tertiary/aromatic N) is 1. The number of hydrogen-bond acceptors (Lipinski definition) is 3. The normalized spacial score (nSPS) is 16.7. The minimum Gasteiger partial charge on any atom is -0.361 e. The average molecular weight is 192 g/mol. The Balaban J connectivity index is 1.88. The first-order valence-corrected chi connectivity index (χ1v) is 5.10. The molecule has 1 aliphatic rings. The van der Waals surface area contributed by atoms with Crippen LogP contribution in [0.1, 0.15) is 29.9 Å². The van der Waals surface area contributed by atoms with Gasteiger partial charge < -0.3 is 9.84 Å². The molecule has 14 heavy (non-hydrogen) atoms. The van der Waals surface area contributed by atoms with Crippen LogP contribution in [0.2, 0.25) is 0 Å². The molecular formula is C11H16N2O. The quantitative estimate of drug-likeness (QED) is 0.793. The van der Waals surface area contributed by atoms with Crippen LogP contribution in [0, 0.1) is 13.8 Å². The number of aromatic nitrogens is 1. The van der Waals surface area contributed by atoms with E-state index in [0.717, 1.165) is 29.6 Å². The standard InChI is InChI=1S/C11H16N2O/c1-8-11(9(2)14-13-8)4-3-7-12-10-5-6-10/h3-4,10,12H,5-7H2,1-2H3. The number of nitrogens with one attached hydrogen (secondary N) is 1. The van der Waals surface area contributed by atoms with Gasteiger partial charge in [-0.1, -0.05) is 17.3 Å². The molecule has 76 valence electrons. The second kappa shape index (κ2) is 3.96. The zero-order chi connectivity index (χ0) is 9.97. The Morgan fingerprint density at radius 1 is 1.50 bits per heavy atom. The highest BCUT2D eigenvalue weighted by atomic mass is 16.5. The topological polar surface area (TPSA) is 38.1 Å². The number of rotatable bonds is 4. The fraction of sp³-hybridized carbons (Fsp3) is 0.545. The average Bonchev–Trinajstić information content (AvgIpc) is 2.93. The minimum atomic E-state index is 0.768. The van der Waals surface area contributed by atoms with Crippen molar-refractivity contribution >= 4 is 6.08 Å². The van der Waals surface area contributed by atoms with Crippen molar-refractivity contribution in [3.05, 3.63) is 23.1 Å². The molecule has 0 spiro atoms. The van der Waals surface area contributed by atoms with E-state index in [9.17, 15) is 0 Å². The minimum absolute atomic E-state index is 0.768. The van der Waals surface area contributed by atoms with Crippen LogP contribution in [0.3, 0.4) is 0 Å². The lowest BCUT2D eigenvalue weighted by molar-refractivity contribution is 0.393. The van der Waals surface area contributed by atoms with Crippen LogP contribution in [0.4, 0.5) is 0 Å². The monoisotopic (exact) mass is 192 g/mol. The molecule has 1 saturated carbocycles. The SMILES string of the molecule is Cc1noc(C)c1C=CCNC1CC1. The van der Waals surface area contributed by atoms with Crippen molar-refractivity contribution in [2.24, 2.45) is 0 Å². The summed E-state index contributed by atoms with van der Waals surface area (Å²) in [6.45, 7) is 4.84. The van der Waals surface area contributed by atoms with Gasteiger partial charge in [-0.15, -0.1) is 0 Å². The molecule has 0 saturated heterocycles. The molecule has 2 rings (SSSR count). The van der Waals surface area contributed by atoms with Crippen molar-refractivity contribution in [1.82, 2.24) is 10.5 Å². The fourth-order valence-electron chi connectivity index (χ4n) is 1.43. The molecule has 1 aromatic rings. The Hall–Kier alpha value is -1.09. The van der Waals surface area contributed by atoms with Crippen molar-refractivity contribution < 1.29 is 4.52 Å². The van der Waals surface area contributed by atoms with Gasteiger partial charge in [-0.3, -0.25) is 0 Å². The largest absolute Gasteiger partial charge is 0.361 e. The summed E-state index contributed by atoms with van der Waals surface area (Å²) in [5, 5.41) is 7.32. The summed E-state index contributed by atoms with van der Waals surface area (Å²) >= 11 is 0. The van der Waals surface area contributed by atoms with E-state index in [-0.39, 0.29) is 0 Å². The van der Waals surface area contributed by atoms with Gasteiger partial charge in [0.25, 0.3) is 0 Å². The van der Waals surface area contributed by atoms with Crippen LogP contribution < -0.4 is 5.32 Å². The molecule has 1 aromatic heterocycles. The maximum absolute atomic E-state index is 5.06. The molecule has 1 heterocycles. The van der Waals surface area contributed by atoms with E-state index in [1.165, 1.54) is 12.8 Å². The van der Waals surface area contributed by atoms with Crippen LogP contribution in [0.15, 0.2) is 10.6 Å². The Kier molecular flexibility index (Phi) is 2.68. The lowest BCUT2D eigenvalue weighted by atomic mass is 10.2. The summed E-state index contributed by atoms with van der Waals surface area (Å²) in [6.07, 6.45) is 6.87. The van der Waals surface area contributed by atoms with Gasteiger partial charge in [0.15, 0.2) is 0 Å². The Morgan fingerprint density at radius 2 is 2.29 bits per heavy atom. The fourth-order valence-corrected chi connectivity index (χ4v) is 1.43. The van der Waals surface area contributed by atoms with E-state index < -0.39 is 0 Å². The van der Waals surface area contributed by atoms with Crippen molar-refractivity contribution in [2.75, 3.05) is 6.54 Å². The van der Waals surface area contributed by atoms with E-state index >= 15 is 0 Å². The third kappa shape index (κ3) is 2.23. The van der Waals surface area contributed by atoms with Gasteiger partial charge in [0.2, 0.25) is 0 Å². The Labute approximate surface area is 84.2 Å². The van der Waals surface area contributed by atoms with Gasteiger partial charge in [0.05, 0.1) is 5.69 Å². The van der Waals surface area contributed by atoms with Gasteiger partial charge in [0, 0.05) is 18.2 Å². The van der Waals surface area contributed by atoms with E-state index in [1.807, 2.05) is 13.8 Å². The maximum atomic E-state index is 5.06. The van der Waals surface area contributed by atoms with Crippen LogP contribution in [-0.2, 0) is 0 Å². The zero-order valence-corrected chi connectivity index (χ0v) is 8.71. The first kappa shape index (κ1) is 9.46. The molecule has 3 nitrogen and oxygen atoms in total. The van der Waals surface area contributed by atoms with Crippen LogP contribution in [0.25, 0.3) is 6.08 Å². The first-order valence-electron chi connectivity index (χ1n) is 5.10. The molecule has 0 aliphatic heterocycles. The number of hydrogen-bond donors (Lipinski definition) is 1. The molecule has 0 unspecified atom stereocenters. The number of aryl methyl sites for hydroxylation is 2. The smallest absolute Gasteiger partial charge is 0.141 e. The molecule has 0 radical (unpaired) electrons. The van der Waals surface area contributed by atoms with Crippen molar-refractivity contribution in [3.63, 3.8) is 0 Å². The van der Waals surface area contributed by atoms with E-state index in [2.05, 4.69) is 22.6 Å². The third-order valence-corrected chi connectivity index (χ3v) is 2.47. The second-order valence-corrected chi connectivity index (χ2v) is 3.82. The van der Waals surface area contributed by atoms with Crippen LogP contribution in [-0.4, -0.2) is 17.7 Å². The summed E-state index contributed by atoms with van der Waals surface area (Å²) in [5.74, 6) is 0.894. The second-order valence-electron chi connectivity index (χ2n) is 3.82. The summed E-state index contributed by atoms with van der Waals surface area (Å²) < 4.78 is 5.06. The molecule has 0 aromatic carbocycles. The molecule has 0 atom stereocenters. The predicted octanol–water partition coefficient (Wildman–Crippen LogP) is 2.06. The van der Waals surface area contributed by atoms with Crippen LogP contribution >= 0.6 is 0 Å². The summed E-state index contributed by atoms with van der Waals surface area (Å²) in [5.41, 5.74) is 2.08. The van der Waals surface area contributed by atoms with E-state index in [0.29, 0.717) is 0 Å². The van der Waals surface area contributed by atoms with Gasteiger partial charge in [0.1, 0.15) is 5.76 Å². The van der Waals surface area contributed by atoms with Crippen LogP contribution in [0.5, 0.6) is 0 Å². The van der Waals surface area contributed by atoms with Crippen molar-refractivity contribution in [2.45, 2.75) is 32.7 Å². The van der Waals surface area contributed by atoms with Gasteiger partial charge >= 0.3 is 0 Å². The summed E-state index contributed by atoms with van der Waals surface area (Å²) in [7, 11) is 0. The highest BCUT2D eigenvalue weighted by Crippen LogP contribution is 2.18.